The summed E-state index contributed by atoms with van der Waals surface area (Å²) in [4.78, 5) is 16.7. The lowest BCUT2D eigenvalue weighted by Gasteiger charge is -2.19. The predicted molar refractivity (Wildman–Crippen MR) is 99.2 cm³/mol. The van der Waals surface area contributed by atoms with E-state index in [0.29, 0.717) is 11.6 Å². The summed E-state index contributed by atoms with van der Waals surface area (Å²) in [5.74, 6) is 0.594. The van der Waals surface area contributed by atoms with Gasteiger partial charge in [-0.1, -0.05) is 34.1 Å². The van der Waals surface area contributed by atoms with E-state index in [-0.39, 0.29) is 18.3 Å². The van der Waals surface area contributed by atoms with E-state index in [0.717, 1.165) is 10.0 Å². The summed E-state index contributed by atoms with van der Waals surface area (Å²) in [5.41, 5.74) is 0.733. The monoisotopic (exact) mass is 417 g/mol. The van der Waals surface area contributed by atoms with Crippen LogP contribution >= 0.6 is 15.9 Å². The van der Waals surface area contributed by atoms with Gasteiger partial charge in [0.2, 0.25) is 0 Å². The lowest BCUT2D eigenvalue weighted by molar-refractivity contribution is -0.123. The molecule has 3 aromatic rings. The molecule has 1 heterocycles. The van der Waals surface area contributed by atoms with Gasteiger partial charge in [-0.05, 0) is 35.9 Å². The Morgan fingerprint density at radius 1 is 1.31 bits per heavy atom. The fraction of sp³-hybridized carbons (Fsp3) is 0.158. The van der Waals surface area contributed by atoms with Gasteiger partial charge in [0.15, 0.2) is 6.61 Å². The van der Waals surface area contributed by atoms with Crippen molar-refractivity contribution in [2.75, 3.05) is 6.61 Å². The average molecular weight is 418 g/mol. The van der Waals surface area contributed by atoms with Crippen LogP contribution in [0.2, 0.25) is 0 Å². The number of carbonyl (C=O) groups excluding carboxylic acids is 1. The molecule has 0 saturated carbocycles. The van der Waals surface area contributed by atoms with E-state index in [1.165, 1.54) is 12.1 Å². The molecule has 0 aliphatic heterocycles. The lowest BCUT2D eigenvalue weighted by Crippen LogP contribution is -2.34. The minimum absolute atomic E-state index is 0.140. The predicted octanol–water partition coefficient (Wildman–Crippen LogP) is 3.61. The molecule has 134 valence electrons. The molecule has 0 saturated heterocycles. The van der Waals surface area contributed by atoms with E-state index >= 15 is 0 Å². The van der Waals surface area contributed by atoms with Crippen molar-refractivity contribution in [3.63, 3.8) is 0 Å². The number of aromatic nitrogens is 2. The first-order valence-corrected chi connectivity index (χ1v) is 8.72. The Morgan fingerprint density at radius 2 is 2.08 bits per heavy atom. The summed E-state index contributed by atoms with van der Waals surface area (Å²) in [6, 6.07) is 12.7. The number of imidazole rings is 1. The number of nitrogens with zero attached hydrogens (tertiary/aromatic N) is 2. The Bertz CT molecular complexity index is 896. The minimum atomic E-state index is -0.505. The molecule has 3 rings (SSSR count). The van der Waals surface area contributed by atoms with E-state index in [9.17, 15) is 9.18 Å². The van der Waals surface area contributed by atoms with Crippen molar-refractivity contribution < 1.29 is 13.9 Å². The van der Waals surface area contributed by atoms with Gasteiger partial charge in [-0.2, -0.15) is 0 Å². The number of hydrogen-bond donors (Lipinski definition) is 1. The molecule has 0 unspecified atom stereocenters. The van der Waals surface area contributed by atoms with Gasteiger partial charge < -0.3 is 14.6 Å². The largest absolute Gasteiger partial charge is 0.484 e. The van der Waals surface area contributed by atoms with Crippen LogP contribution in [0.1, 0.15) is 17.4 Å². The van der Waals surface area contributed by atoms with E-state index < -0.39 is 6.04 Å². The summed E-state index contributed by atoms with van der Waals surface area (Å²) in [7, 11) is 1.84. The van der Waals surface area contributed by atoms with Crippen molar-refractivity contribution >= 4 is 21.8 Å². The van der Waals surface area contributed by atoms with Gasteiger partial charge in [-0.15, -0.1) is 0 Å². The molecule has 1 N–H and O–H groups in total. The van der Waals surface area contributed by atoms with Crippen LogP contribution in [-0.2, 0) is 11.8 Å². The molecule has 0 aliphatic rings. The number of ether oxygens (including phenoxy) is 1. The molecule has 26 heavy (non-hydrogen) atoms. The zero-order valence-corrected chi connectivity index (χ0v) is 15.6. The van der Waals surface area contributed by atoms with E-state index in [1.807, 2.05) is 23.7 Å². The number of hydrogen-bond acceptors (Lipinski definition) is 3. The molecule has 0 spiro atoms. The topological polar surface area (TPSA) is 56.2 Å². The first-order valence-electron chi connectivity index (χ1n) is 7.93. The molecule has 1 atom stereocenters. The van der Waals surface area contributed by atoms with E-state index in [1.54, 1.807) is 36.7 Å². The first-order chi connectivity index (χ1) is 12.5. The summed E-state index contributed by atoms with van der Waals surface area (Å²) >= 11 is 3.36. The molecule has 0 bridgehead atoms. The second-order valence-corrected chi connectivity index (χ2v) is 6.61. The zero-order valence-electron chi connectivity index (χ0n) is 14.0. The van der Waals surface area contributed by atoms with Crippen LogP contribution in [0.3, 0.4) is 0 Å². The van der Waals surface area contributed by atoms with Crippen LogP contribution in [0.4, 0.5) is 4.39 Å². The van der Waals surface area contributed by atoms with Gasteiger partial charge in [0, 0.05) is 23.9 Å². The highest BCUT2D eigenvalue weighted by atomic mass is 79.9. The number of benzene rings is 2. The molecule has 0 aliphatic carbocycles. The molecule has 0 fully saturated rings. The number of halogens is 2. The molecule has 1 aromatic heterocycles. The van der Waals surface area contributed by atoms with Crippen molar-refractivity contribution in [3.8, 4) is 5.75 Å². The fourth-order valence-electron chi connectivity index (χ4n) is 2.52. The van der Waals surface area contributed by atoms with Gasteiger partial charge in [0.25, 0.3) is 5.91 Å². The molecule has 5 nitrogen and oxygen atoms in total. The molecular formula is C19H17BrFN3O2. The molecule has 7 heteroatoms. The van der Waals surface area contributed by atoms with Gasteiger partial charge in [0.05, 0.1) is 0 Å². The maximum atomic E-state index is 13.2. The van der Waals surface area contributed by atoms with Crippen molar-refractivity contribution in [1.82, 2.24) is 14.9 Å². The van der Waals surface area contributed by atoms with E-state index in [2.05, 4.69) is 26.2 Å². The third-order valence-corrected chi connectivity index (χ3v) is 4.28. The third kappa shape index (κ3) is 4.49. The number of amides is 1. The van der Waals surface area contributed by atoms with Crippen molar-refractivity contribution in [1.29, 1.82) is 0 Å². The SMILES string of the molecule is Cn1ccnc1[C@@H](NC(=O)COc1cccc(Br)c1)c1ccc(F)cc1. The van der Waals surface area contributed by atoms with Gasteiger partial charge in [-0.25, -0.2) is 9.37 Å². The maximum Gasteiger partial charge on any atom is 0.258 e. The number of rotatable bonds is 6. The van der Waals surface area contributed by atoms with Crippen LogP contribution in [0.25, 0.3) is 0 Å². The molecule has 0 radical (unpaired) electrons. The quantitative estimate of drug-likeness (QED) is 0.666. The molecule has 2 aromatic carbocycles. The maximum absolute atomic E-state index is 13.2. The van der Waals surface area contributed by atoms with Gasteiger partial charge >= 0.3 is 0 Å². The summed E-state index contributed by atoms with van der Waals surface area (Å²) in [6.07, 6.45) is 3.44. The summed E-state index contributed by atoms with van der Waals surface area (Å²) in [5, 5.41) is 2.90. The van der Waals surface area contributed by atoms with Gasteiger partial charge in [0.1, 0.15) is 23.4 Å². The Kier molecular flexibility index (Phi) is 5.68. The number of nitrogens with one attached hydrogen (secondary N) is 1. The smallest absolute Gasteiger partial charge is 0.258 e. The van der Waals surface area contributed by atoms with Crippen LogP contribution in [0, 0.1) is 5.82 Å². The Hall–Kier alpha value is -2.67. The molecule has 1 amide bonds. The van der Waals surface area contributed by atoms with Crippen molar-refractivity contribution in [2.45, 2.75) is 6.04 Å². The van der Waals surface area contributed by atoms with Crippen LogP contribution < -0.4 is 10.1 Å². The van der Waals surface area contributed by atoms with Gasteiger partial charge in [-0.3, -0.25) is 4.79 Å². The normalized spacial score (nSPS) is 11.8. The minimum Gasteiger partial charge on any atom is -0.484 e. The number of carbonyl (C=O) groups is 1. The Balaban J connectivity index is 1.74. The van der Waals surface area contributed by atoms with Crippen LogP contribution in [0.5, 0.6) is 5.75 Å². The summed E-state index contributed by atoms with van der Waals surface area (Å²) < 4.78 is 21.4. The average Bonchev–Trinajstić information content (AvgIpc) is 3.05. The Morgan fingerprint density at radius 3 is 2.73 bits per heavy atom. The third-order valence-electron chi connectivity index (χ3n) is 3.79. The first kappa shape index (κ1) is 18.1. The second-order valence-electron chi connectivity index (χ2n) is 5.69. The highest BCUT2D eigenvalue weighted by Gasteiger charge is 2.21. The standard InChI is InChI=1S/C19H17BrFN3O2/c1-24-10-9-22-19(24)18(13-5-7-15(21)8-6-13)23-17(25)12-26-16-4-2-3-14(20)11-16/h2-11,18H,12H2,1H3,(H,23,25)/t18-/m0/s1. The summed E-state index contributed by atoms with van der Waals surface area (Å²) in [6.45, 7) is -0.140. The Labute approximate surface area is 159 Å². The molecular weight excluding hydrogens is 401 g/mol. The van der Waals surface area contributed by atoms with Crippen LogP contribution in [0.15, 0.2) is 65.4 Å². The number of aryl methyl sites for hydroxylation is 1. The highest BCUT2D eigenvalue weighted by Crippen LogP contribution is 2.21. The second kappa shape index (κ2) is 8.14. The zero-order chi connectivity index (χ0) is 18.5. The fourth-order valence-corrected chi connectivity index (χ4v) is 2.89. The van der Waals surface area contributed by atoms with Crippen LogP contribution in [-0.4, -0.2) is 22.1 Å². The van der Waals surface area contributed by atoms with Crippen molar-refractivity contribution in [2.24, 2.45) is 7.05 Å². The van der Waals surface area contributed by atoms with Crippen molar-refractivity contribution in [3.05, 3.63) is 82.6 Å². The van der Waals surface area contributed by atoms with E-state index in [4.69, 9.17) is 4.74 Å². The lowest BCUT2D eigenvalue weighted by atomic mass is 10.1. The highest BCUT2D eigenvalue weighted by molar-refractivity contribution is 9.10.